The van der Waals surface area contributed by atoms with E-state index in [4.69, 9.17) is 23.2 Å². The van der Waals surface area contributed by atoms with Crippen LogP contribution in [0, 0.1) is 0 Å². The van der Waals surface area contributed by atoms with Crippen molar-refractivity contribution in [3.8, 4) is 0 Å². The molecule has 10 nitrogen and oxygen atoms in total. The number of aryl methyl sites for hydroxylation is 2. The van der Waals surface area contributed by atoms with Crippen LogP contribution in [0.5, 0.6) is 0 Å². The van der Waals surface area contributed by atoms with E-state index in [1.54, 1.807) is 29.9 Å². The Bertz CT molecular complexity index is 2090. The van der Waals surface area contributed by atoms with E-state index in [1.807, 2.05) is 48.7 Å². The number of fused-ring (bicyclic) bond motifs is 2. The average molecular weight is 699 g/mol. The third-order valence-corrected chi connectivity index (χ3v) is 8.68. The second-order valence-electron chi connectivity index (χ2n) is 11.8. The third kappa shape index (κ3) is 8.28. The first-order valence-corrected chi connectivity index (χ1v) is 17.1. The van der Waals surface area contributed by atoms with Crippen molar-refractivity contribution in [3.63, 3.8) is 0 Å². The zero-order chi connectivity index (χ0) is 34.3. The van der Waals surface area contributed by atoms with Crippen LogP contribution in [0.1, 0.15) is 39.4 Å². The minimum absolute atomic E-state index is 0.0790. The van der Waals surface area contributed by atoms with Gasteiger partial charge in [-0.2, -0.15) is 0 Å². The van der Waals surface area contributed by atoms with Gasteiger partial charge in [0.05, 0.1) is 5.69 Å². The largest absolute Gasteiger partial charge is 0.369 e. The van der Waals surface area contributed by atoms with Gasteiger partial charge >= 0.3 is 0 Å². The van der Waals surface area contributed by atoms with Crippen molar-refractivity contribution in [3.05, 3.63) is 108 Å². The molecule has 3 aromatic carbocycles. The molecule has 0 fully saturated rings. The van der Waals surface area contributed by atoms with E-state index < -0.39 is 0 Å². The number of alkyl halides is 2. The Morgan fingerprint density at radius 1 is 0.755 bits per heavy atom. The zero-order valence-electron chi connectivity index (χ0n) is 27.0. The van der Waals surface area contributed by atoms with E-state index in [2.05, 4.69) is 55.1 Å². The SMILES string of the molecule is Cn1cc(NC(=O)c2cc3ccc(NC(=O)CCCc4ccc(N(CCCl)CCCl)cc4)cc3[nH]2)cc1C(=O)Nc1ccc2cc[nH]c2c1. The molecule has 252 valence electrons. The van der Waals surface area contributed by atoms with Crippen LogP contribution in [-0.4, -0.2) is 57.1 Å². The van der Waals surface area contributed by atoms with Crippen molar-refractivity contribution in [1.29, 1.82) is 0 Å². The van der Waals surface area contributed by atoms with Crippen molar-refractivity contribution >= 4 is 85.5 Å². The lowest BCUT2D eigenvalue weighted by atomic mass is 10.1. The molecule has 0 saturated carbocycles. The second kappa shape index (κ2) is 15.4. The summed E-state index contributed by atoms with van der Waals surface area (Å²) in [6.45, 7) is 1.47. The Hall–Kier alpha value is -5.19. The number of H-pyrrole nitrogens is 2. The van der Waals surface area contributed by atoms with Crippen LogP contribution >= 0.6 is 23.2 Å². The van der Waals surface area contributed by atoms with Gasteiger partial charge in [0.2, 0.25) is 5.91 Å². The number of amides is 3. The molecule has 49 heavy (non-hydrogen) atoms. The molecule has 6 aromatic rings. The fourth-order valence-electron chi connectivity index (χ4n) is 5.83. The van der Waals surface area contributed by atoms with E-state index in [-0.39, 0.29) is 17.7 Å². The monoisotopic (exact) mass is 697 g/mol. The number of carbonyl (C=O) groups is 3. The minimum atomic E-state index is -0.352. The van der Waals surface area contributed by atoms with Gasteiger partial charge in [-0.25, -0.2) is 0 Å². The third-order valence-electron chi connectivity index (χ3n) is 8.34. The summed E-state index contributed by atoms with van der Waals surface area (Å²) in [5, 5.41) is 10.6. The summed E-state index contributed by atoms with van der Waals surface area (Å²) in [5.74, 6) is 0.344. The molecule has 3 amide bonds. The van der Waals surface area contributed by atoms with Crippen LogP contribution in [0.25, 0.3) is 21.8 Å². The lowest BCUT2D eigenvalue weighted by Crippen LogP contribution is -2.27. The fourth-order valence-corrected chi connectivity index (χ4v) is 6.24. The summed E-state index contributed by atoms with van der Waals surface area (Å²) in [6.07, 6.45) is 5.40. The quantitative estimate of drug-likeness (QED) is 0.0747. The predicted molar refractivity (Wildman–Crippen MR) is 200 cm³/mol. The molecule has 0 saturated heterocycles. The van der Waals surface area contributed by atoms with Crippen molar-refractivity contribution in [2.45, 2.75) is 19.3 Å². The van der Waals surface area contributed by atoms with Crippen LogP contribution in [-0.2, 0) is 18.3 Å². The summed E-state index contributed by atoms with van der Waals surface area (Å²) in [5.41, 5.74) is 6.42. The average Bonchev–Trinajstić information content (AvgIpc) is 3.83. The fraction of sp³-hybridized carbons (Fsp3) is 0.216. The van der Waals surface area contributed by atoms with Gasteiger partial charge in [0, 0.05) is 84.2 Å². The smallest absolute Gasteiger partial charge is 0.272 e. The van der Waals surface area contributed by atoms with E-state index in [1.165, 1.54) is 0 Å². The number of rotatable bonds is 14. The maximum absolute atomic E-state index is 13.1. The van der Waals surface area contributed by atoms with Crippen LogP contribution in [0.2, 0.25) is 0 Å². The lowest BCUT2D eigenvalue weighted by Gasteiger charge is -2.23. The number of nitrogens with zero attached hydrogens (tertiary/aromatic N) is 2. The molecule has 0 bridgehead atoms. The molecule has 0 atom stereocenters. The van der Waals surface area contributed by atoms with Crippen LogP contribution < -0.4 is 20.9 Å². The van der Waals surface area contributed by atoms with Gasteiger partial charge in [0.25, 0.3) is 11.8 Å². The Morgan fingerprint density at radius 2 is 1.45 bits per heavy atom. The van der Waals surface area contributed by atoms with Gasteiger partial charge in [-0.05, 0) is 78.4 Å². The van der Waals surface area contributed by atoms with Gasteiger partial charge in [-0.15, -0.1) is 23.2 Å². The Morgan fingerprint density at radius 3 is 2.20 bits per heavy atom. The Kier molecular flexibility index (Phi) is 10.6. The van der Waals surface area contributed by atoms with E-state index in [0.29, 0.717) is 58.6 Å². The van der Waals surface area contributed by atoms with Crippen LogP contribution in [0.3, 0.4) is 0 Å². The highest BCUT2D eigenvalue weighted by Crippen LogP contribution is 2.23. The molecule has 0 aliphatic heterocycles. The predicted octanol–water partition coefficient (Wildman–Crippen LogP) is 7.74. The van der Waals surface area contributed by atoms with Crippen LogP contribution in [0.4, 0.5) is 22.7 Å². The van der Waals surface area contributed by atoms with Crippen molar-refractivity contribution in [2.24, 2.45) is 7.05 Å². The van der Waals surface area contributed by atoms with E-state index in [9.17, 15) is 14.4 Å². The van der Waals surface area contributed by atoms with Crippen molar-refractivity contribution in [2.75, 3.05) is 45.7 Å². The summed E-state index contributed by atoms with van der Waals surface area (Å²) in [7, 11) is 1.75. The number of hydrogen-bond donors (Lipinski definition) is 5. The number of nitrogens with one attached hydrogen (secondary N) is 5. The number of carbonyl (C=O) groups excluding carboxylic acids is 3. The van der Waals surface area contributed by atoms with Crippen molar-refractivity contribution < 1.29 is 14.4 Å². The molecule has 0 unspecified atom stereocenters. The maximum Gasteiger partial charge on any atom is 0.272 e. The first-order valence-electron chi connectivity index (χ1n) is 16.0. The summed E-state index contributed by atoms with van der Waals surface area (Å²) >= 11 is 11.9. The first-order chi connectivity index (χ1) is 23.8. The van der Waals surface area contributed by atoms with Crippen LogP contribution in [0.15, 0.2) is 91.3 Å². The molecular weight excluding hydrogens is 661 g/mol. The normalized spacial score (nSPS) is 11.2. The molecular formula is C37H37Cl2N7O3. The molecule has 12 heteroatoms. The number of anilines is 4. The van der Waals surface area contributed by atoms with Gasteiger partial charge < -0.3 is 35.4 Å². The van der Waals surface area contributed by atoms with Crippen molar-refractivity contribution in [1.82, 2.24) is 14.5 Å². The van der Waals surface area contributed by atoms with Gasteiger partial charge in [-0.1, -0.05) is 24.3 Å². The molecule has 3 heterocycles. The highest BCUT2D eigenvalue weighted by atomic mass is 35.5. The van der Waals surface area contributed by atoms with Gasteiger partial charge in [0.1, 0.15) is 11.4 Å². The molecule has 3 aromatic heterocycles. The number of aromatic nitrogens is 3. The number of benzene rings is 3. The topological polar surface area (TPSA) is 127 Å². The molecule has 0 spiro atoms. The second-order valence-corrected chi connectivity index (χ2v) is 12.6. The zero-order valence-corrected chi connectivity index (χ0v) is 28.5. The number of hydrogen-bond acceptors (Lipinski definition) is 4. The summed E-state index contributed by atoms with van der Waals surface area (Å²) in [6, 6.07) is 24.8. The lowest BCUT2D eigenvalue weighted by molar-refractivity contribution is -0.116. The highest BCUT2D eigenvalue weighted by Gasteiger charge is 2.16. The first kappa shape index (κ1) is 33.7. The maximum atomic E-state index is 13.1. The Balaban J connectivity index is 1.01. The van der Waals surface area contributed by atoms with E-state index >= 15 is 0 Å². The molecule has 0 radical (unpaired) electrons. The molecule has 0 aliphatic rings. The number of aromatic amines is 2. The van der Waals surface area contributed by atoms with Gasteiger partial charge in [-0.3, -0.25) is 14.4 Å². The van der Waals surface area contributed by atoms with Gasteiger partial charge in [0.15, 0.2) is 0 Å². The molecule has 5 N–H and O–H groups in total. The summed E-state index contributed by atoms with van der Waals surface area (Å²) < 4.78 is 1.66. The Labute approximate surface area is 293 Å². The summed E-state index contributed by atoms with van der Waals surface area (Å²) in [4.78, 5) is 47.3. The highest BCUT2D eigenvalue weighted by molar-refractivity contribution is 6.18. The van der Waals surface area contributed by atoms with E-state index in [0.717, 1.165) is 47.1 Å². The number of halogens is 2. The minimum Gasteiger partial charge on any atom is -0.369 e. The molecule has 6 rings (SSSR count). The standard InChI is InChI=1S/C37H37Cl2N7O3/c1-45-23-29(22-34(45)37(49)42-28-9-7-25-13-16-40-31(25)20-28)43-36(48)33-19-26-8-10-27(21-32(26)44-33)41-35(47)4-2-3-24-5-11-30(12-6-24)46(17-14-38)18-15-39/h5-13,16,19-23,40,44H,2-4,14-15,17-18H2,1H3,(H,41,47)(H,42,49)(H,43,48). The molecule has 0 aliphatic carbocycles.